The zero-order chi connectivity index (χ0) is 41.8. The maximum absolute atomic E-state index is 5.10. The van der Waals surface area contributed by atoms with Gasteiger partial charge in [0.15, 0.2) is 0 Å². The van der Waals surface area contributed by atoms with Gasteiger partial charge in [0.25, 0.3) is 0 Å². The van der Waals surface area contributed by atoms with Crippen molar-refractivity contribution in [1.29, 1.82) is 0 Å². The van der Waals surface area contributed by atoms with E-state index in [4.69, 9.17) is 4.74 Å². The van der Waals surface area contributed by atoms with Gasteiger partial charge in [0, 0.05) is 104 Å². The third-order valence-electron chi connectivity index (χ3n) is 13.6. The van der Waals surface area contributed by atoms with E-state index in [1.807, 2.05) is 0 Å². The lowest BCUT2D eigenvalue weighted by Crippen LogP contribution is -2.53. The minimum atomic E-state index is 0.891. The molecule has 0 saturated carbocycles. The molecule has 9 saturated heterocycles. The molecule has 9 heterocycles. The highest BCUT2D eigenvalue weighted by atomic mass is 16.5. The van der Waals surface area contributed by atoms with E-state index >= 15 is 0 Å². The van der Waals surface area contributed by atoms with E-state index in [0.717, 1.165) is 69.9 Å². The standard InChI is InChI=1S/C9H18N2.C8H16N2.C7H15N.C6H14N2.C6H13N.C5H12N2.C5H11NO/c1-10-6-7-11-5-3-2-4-9(11)8-10;1-9-5-6-10-4-2-3-8(10)7-9;1-7-3-5-8(2)6-4-7;1-8-5-2-3-7-4-6-8;1-6-2-4-7-5-3-6;1-7-4-2-6-3-5-7;1-6-2-4-7-5-3-6/h9H,2-8H2,1H3;8H,2-7H2,1H3;7H,3-6H2,1-2H3;7H,2-6H2,1H3;6-7H,2-5H2,1H3;6H,2-5H2,1H3;2-5H2,1H3. The molecule has 58 heavy (non-hydrogen) atoms. The first-order valence-electron chi connectivity index (χ1n) is 24.4. The van der Waals surface area contributed by atoms with Crippen LogP contribution >= 0.6 is 0 Å². The second kappa shape index (κ2) is 32.2. The summed E-state index contributed by atoms with van der Waals surface area (Å²) in [5, 5.41) is 9.92. The van der Waals surface area contributed by atoms with Crippen LogP contribution < -0.4 is 16.0 Å². The van der Waals surface area contributed by atoms with E-state index in [1.54, 1.807) is 0 Å². The van der Waals surface area contributed by atoms with Crippen LogP contribution in [0.15, 0.2) is 0 Å². The smallest absolute Gasteiger partial charge is 0.0594 e. The first kappa shape index (κ1) is 51.9. The summed E-state index contributed by atoms with van der Waals surface area (Å²) in [7, 11) is 13.1. The van der Waals surface area contributed by atoms with Crippen LogP contribution in [-0.4, -0.2) is 251 Å². The predicted octanol–water partition coefficient (Wildman–Crippen LogP) is 2.92. The quantitative estimate of drug-likeness (QED) is 0.337. The molecule has 2 unspecified atom stereocenters. The molecule has 9 aliphatic rings. The summed E-state index contributed by atoms with van der Waals surface area (Å²) in [6, 6.07) is 1.79. The monoisotopic (exact) mass is 822 g/mol. The number of hydrogen-bond acceptors (Lipinski definition) is 12. The van der Waals surface area contributed by atoms with E-state index in [0.29, 0.717) is 0 Å². The molecule has 0 spiro atoms. The topological polar surface area (TPSA) is 71.2 Å². The molecule has 9 aliphatic heterocycles. The lowest BCUT2D eigenvalue weighted by Gasteiger charge is -2.42. The number of ether oxygens (including phenoxy) is 1. The maximum Gasteiger partial charge on any atom is 0.0594 e. The summed E-state index contributed by atoms with van der Waals surface area (Å²) < 4.78 is 5.10. The Bertz CT molecular complexity index is 885. The summed E-state index contributed by atoms with van der Waals surface area (Å²) in [4.78, 5) is 19.6. The molecule has 0 aliphatic carbocycles. The third-order valence-corrected chi connectivity index (χ3v) is 13.6. The van der Waals surface area contributed by atoms with Crippen LogP contribution in [-0.2, 0) is 4.74 Å². The molecule has 12 nitrogen and oxygen atoms in total. The molecular formula is C46H99N11O. The molecule has 0 amide bonds. The number of piperidine rings is 3. The zero-order valence-electron chi connectivity index (χ0n) is 39.8. The van der Waals surface area contributed by atoms with Gasteiger partial charge in [0.2, 0.25) is 0 Å². The number of piperazine rings is 3. The van der Waals surface area contributed by atoms with Gasteiger partial charge in [-0.15, -0.1) is 0 Å². The zero-order valence-corrected chi connectivity index (χ0v) is 39.8. The number of likely N-dealkylation sites (N-methyl/N-ethyl adjacent to an activating group) is 5. The number of hydrogen-bond donors (Lipinski definition) is 3. The van der Waals surface area contributed by atoms with Crippen LogP contribution in [0.25, 0.3) is 0 Å². The van der Waals surface area contributed by atoms with Gasteiger partial charge in [0.1, 0.15) is 0 Å². The Kier molecular flexibility index (Phi) is 28.8. The van der Waals surface area contributed by atoms with Crippen LogP contribution in [0.5, 0.6) is 0 Å². The van der Waals surface area contributed by atoms with Crippen molar-refractivity contribution in [3.8, 4) is 0 Å². The fourth-order valence-corrected chi connectivity index (χ4v) is 8.97. The van der Waals surface area contributed by atoms with Gasteiger partial charge in [-0.2, -0.15) is 0 Å². The highest BCUT2D eigenvalue weighted by molar-refractivity contribution is 4.86. The van der Waals surface area contributed by atoms with Crippen LogP contribution in [0, 0.1) is 11.8 Å². The molecule has 0 aromatic heterocycles. The van der Waals surface area contributed by atoms with Gasteiger partial charge in [-0.05, 0) is 164 Å². The van der Waals surface area contributed by atoms with Crippen LogP contribution in [0.4, 0.5) is 0 Å². The fourth-order valence-electron chi connectivity index (χ4n) is 8.97. The minimum absolute atomic E-state index is 0.891. The molecule has 0 bridgehead atoms. The van der Waals surface area contributed by atoms with Crippen LogP contribution in [0.3, 0.4) is 0 Å². The molecule has 2 atom stereocenters. The lowest BCUT2D eigenvalue weighted by molar-refractivity contribution is 0.0503. The SMILES string of the molecule is CC1CCN(C)CC1.CC1CCNCC1.CN1CCCNCC1.CN1CCN2CCCC2C1.CN1CCN2CCCCC2C1.CN1CCNCC1.CN1CCOCC1. The van der Waals surface area contributed by atoms with E-state index in [-0.39, 0.29) is 0 Å². The second-order valence-electron chi connectivity index (χ2n) is 19.3. The summed E-state index contributed by atoms with van der Waals surface area (Å²) in [5.41, 5.74) is 0. The van der Waals surface area contributed by atoms with Crippen LogP contribution in [0.2, 0.25) is 0 Å². The number of fused-ring (bicyclic) bond motifs is 2. The van der Waals surface area contributed by atoms with E-state index in [1.165, 1.54) is 175 Å². The minimum Gasteiger partial charge on any atom is -0.379 e. The first-order chi connectivity index (χ1) is 28.1. The summed E-state index contributed by atoms with van der Waals surface area (Å²) in [6.45, 7) is 33.8. The number of rotatable bonds is 0. The normalized spacial score (nSPS) is 29.2. The van der Waals surface area contributed by atoms with Gasteiger partial charge in [0.05, 0.1) is 13.2 Å². The number of likely N-dealkylation sites (tertiary alicyclic amines) is 1. The van der Waals surface area contributed by atoms with Crippen molar-refractivity contribution in [2.45, 2.75) is 90.1 Å². The number of morpholine rings is 1. The Labute approximate surface area is 360 Å². The molecule has 9 rings (SSSR count). The van der Waals surface area contributed by atoms with Crippen molar-refractivity contribution in [1.82, 2.24) is 55.1 Å². The maximum atomic E-state index is 5.10. The Balaban J connectivity index is 0.000000182. The first-order valence-corrected chi connectivity index (χ1v) is 24.4. The van der Waals surface area contributed by atoms with Gasteiger partial charge in [-0.3, -0.25) is 9.80 Å². The van der Waals surface area contributed by atoms with Gasteiger partial charge < -0.3 is 50.1 Å². The van der Waals surface area contributed by atoms with Crippen molar-refractivity contribution >= 4 is 0 Å². The van der Waals surface area contributed by atoms with Gasteiger partial charge >= 0.3 is 0 Å². The van der Waals surface area contributed by atoms with Crippen molar-refractivity contribution in [2.24, 2.45) is 11.8 Å². The number of nitrogens with one attached hydrogen (secondary N) is 3. The van der Waals surface area contributed by atoms with E-state index in [2.05, 4.69) is 111 Å². The van der Waals surface area contributed by atoms with Crippen molar-refractivity contribution in [2.75, 3.05) is 199 Å². The lowest BCUT2D eigenvalue weighted by atomic mass is 10.00. The average molecular weight is 822 g/mol. The largest absolute Gasteiger partial charge is 0.379 e. The molecule has 0 aromatic rings. The Morgan fingerprint density at radius 1 is 0.345 bits per heavy atom. The summed E-state index contributed by atoms with van der Waals surface area (Å²) in [5.74, 6) is 1.95. The molecule has 344 valence electrons. The van der Waals surface area contributed by atoms with Crippen molar-refractivity contribution in [3.05, 3.63) is 0 Å². The van der Waals surface area contributed by atoms with Crippen LogP contribution in [0.1, 0.15) is 78.1 Å². The number of nitrogens with zero attached hydrogens (tertiary/aromatic N) is 8. The molecule has 9 fully saturated rings. The Hall–Kier alpha value is -0.480. The van der Waals surface area contributed by atoms with E-state index < -0.39 is 0 Å². The highest BCUT2D eigenvalue weighted by Crippen LogP contribution is 2.21. The predicted molar refractivity (Wildman–Crippen MR) is 250 cm³/mol. The second-order valence-corrected chi connectivity index (χ2v) is 19.3. The Morgan fingerprint density at radius 3 is 1.28 bits per heavy atom. The summed E-state index contributed by atoms with van der Waals surface area (Å²) in [6.07, 6.45) is 14.0. The van der Waals surface area contributed by atoms with Crippen molar-refractivity contribution in [3.63, 3.8) is 0 Å². The fraction of sp³-hybridized carbons (Fsp3) is 1.00. The summed E-state index contributed by atoms with van der Waals surface area (Å²) >= 11 is 0. The molecular weight excluding hydrogens is 723 g/mol. The van der Waals surface area contributed by atoms with Gasteiger partial charge in [-0.25, -0.2) is 0 Å². The molecule has 3 N–H and O–H groups in total. The van der Waals surface area contributed by atoms with Crippen molar-refractivity contribution < 1.29 is 4.74 Å². The molecule has 12 heteroatoms. The Morgan fingerprint density at radius 2 is 0.793 bits per heavy atom. The van der Waals surface area contributed by atoms with E-state index in [9.17, 15) is 0 Å². The third kappa shape index (κ3) is 24.8. The molecule has 0 aromatic carbocycles. The average Bonchev–Trinajstić information content (AvgIpc) is 3.57. The van der Waals surface area contributed by atoms with Gasteiger partial charge in [-0.1, -0.05) is 20.3 Å². The highest BCUT2D eigenvalue weighted by Gasteiger charge is 2.29. The molecule has 0 radical (unpaired) electrons.